The number of aromatic hydroxyl groups is 1. The first-order valence-corrected chi connectivity index (χ1v) is 12.6. The van der Waals surface area contributed by atoms with E-state index in [1.54, 1.807) is 6.08 Å². The predicted octanol–water partition coefficient (Wildman–Crippen LogP) is 3.59. The molecule has 1 aromatic carbocycles. The van der Waals surface area contributed by atoms with Gasteiger partial charge >= 0.3 is 12.3 Å². The van der Waals surface area contributed by atoms with Crippen LogP contribution in [0.5, 0.6) is 11.5 Å². The number of nitrogens with zero attached hydrogens (tertiary/aromatic N) is 1. The minimum atomic E-state index is -5.03. The number of phenolic OH excluding ortho intramolecular Hbond substituents is 1. The van der Waals surface area contributed by atoms with Crippen LogP contribution in [0.4, 0.5) is 13.2 Å². The number of carboxylic acids is 1. The minimum absolute atomic E-state index is 0.0143. The Balaban J connectivity index is 1.61. The number of imide groups is 1. The number of ether oxygens (including phenoxy) is 1. The molecule has 4 atom stereocenters. The van der Waals surface area contributed by atoms with Crippen LogP contribution in [0.2, 0.25) is 0 Å². The fourth-order valence-electron chi connectivity index (χ4n) is 6.35. The Morgan fingerprint density at radius 2 is 1.85 bits per heavy atom. The van der Waals surface area contributed by atoms with Crippen LogP contribution in [0.25, 0.3) is 0 Å². The van der Waals surface area contributed by atoms with E-state index in [0.717, 1.165) is 29.2 Å². The maximum Gasteiger partial charge on any atom is 0.573 e. The SMILES string of the molecule is CC1=CC(=O)C2=C(C1=O)C(c1cc(OC(F)(F)F)ccc1O)C1=CCC3C(=O)N(CCCC(=O)O)C(=O)C3C1C2. The molecule has 4 unspecified atom stereocenters. The van der Waals surface area contributed by atoms with Gasteiger partial charge in [-0.25, -0.2) is 0 Å². The van der Waals surface area contributed by atoms with Gasteiger partial charge in [0.25, 0.3) is 0 Å². The summed E-state index contributed by atoms with van der Waals surface area (Å²) in [6.07, 6.45) is -2.34. The molecule has 210 valence electrons. The Morgan fingerprint density at radius 3 is 2.52 bits per heavy atom. The number of ketones is 2. The largest absolute Gasteiger partial charge is 0.573 e. The van der Waals surface area contributed by atoms with Gasteiger partial charge in [0, 0.05) is 41.2 Å². The fourth-order valence-corrected chi connectivity index (χ4v) is 6.35. The molecule has 3 aliphatic carbocycles. The summed E-state index contributed by atoms with van der Waals surface area (Å²) in [5, 5.41) is 19.7. The molecule has 1 aliphatic heterocycles. The Labute approximate surface area is 225 Å². The highest BCUT2D eigenvalue weighted by Gasteiger charge is 2.56. The zero-order valence-electron chi connectivity index (χ0n) is 21.2. The first-order valence-electron chi connectivity index (χ1n) is 12.6. The Morgan fingerprint density at radius 1 is 1.12 bits per heavy atom. The van der Waals surface area contributed by atoms with E-state index < -0.39 is 70.9 Å². The molecule has 2 N–H and O–H groups in total. The van der Waals surface area contributed by atoms with Crippen molar-refractivity contribution < 1.29 is 52.1 Å². The second-order valence-electron chi connectivity index (χ2n) is 10.3. The van der Waals surface area contributed by atoms with Crippen molar-refractivity contribution >= 4 is 29.4 Å². The lowest BCUT2D eigenvalue weighted by Crippen LogP contribution is -2.40. The van der Waals surface area contributed by atoms with E-state index in [1.165, 1.54) is 6.92 Å². The number of rotatable bonds is 6. The number of phenols is 1. The van der Waals surface area contributed by atoms with Crippen LogP contribution in [-0.4, -0.2) is 57.4 Å². The van der Waals surface area contributed by atoms with Crippen LogP contribution in [-0.2, 0) is 24.0 Å². The molecule has 1 aromatic rings. The van der Waals surface area contributed by atoms with Crippen molar-refractivity contribution in [2.45, 2.75) is 44.9 Å². The number of benzene rings is 1. The van der Waals surface area contributed by atoms with Crippen LogP contribution in [0.15, 0.2) is 52.6 Å². The Kier molecular flexibility index (Phi) is 6.67. The normalized spacial score (nSPS) is 26.2. The first-order chi connectivity index (χ1) is 18.8. The molecule has 5 rings (SSSR count). The number of allylic oxidation sites excluding steroid dienone is 6. The van der Waals surface area contributed by atoms with Gasteiger partial charge in [0.15, 0.2) is 11.6 Å². The number of likely N-dealkylation sites (tertiary alicyclic amines) is 1. The zero-order chi connectivity index (χ0) is 29.1. The number of Topliss-reactive ketones (excluding diaryl/α,β-unsaturated/α-hetero) is 1. The summed E-state index contributed by atoms with van der Waals surface area (Å²) in [5.74, 6) is -7.74. The number of carbonyl (C=O) groups is 5. The molecule has 1 heterocycles. The minimum Gasteiger partial charge on any atom is -0.508 e. The second-order valence-corrected chi connectivity index (χ2v) is 10.3. The van der Waals surface area contributed by atoms with Gasteiger partial charge in [-0.2, -0.15) is 0 Å². The highest BCUT2D eigenvalue weighted by atomic mass is 19.4. The fraction of sp³-hybridized carbons (Fsp3) is 0.393. The number of halogens is 3. The topological polar surface area (TPSA) is 138 Å². The van der Waals surface area contributed by atoms with Crippen LogP contribution in [0, 0.1) is 17.8 Å². The number of amides is 2. The third-order valence-corrected chi connectivity index (χ3v) is 7.97. The number of carboxylic acid groups (broad SMARTS) is 1. The summed E-state index contributed by atoms with van der Waals surface area (Å²) in [5.41, 5.74) is 0.564. The van der Waals surface area contributed by atoms with Gasteiger partial charge in [-0.1, -0.05) is 11.6 Å². The lowest BCUT2D eigenvalue weighted by Gasteiger charge is -2.42. The summed E-state index contributed by atoms with van der Waals surface area (Å²) in [6, 6.07) is 2.87. The van der Waals surface area contributed by atoms with E-state index in [-0.39, 0.29) is 54.5 Å². The molecule has 0 saturated carbocycles. The number of aliphatic carboxylic acids is 1. The molecular formula is C28H24F3NO8. The number of carbonyl (C=O) groups excluding carboxylic acids is 4. The molecule has 0 bridgehead atoms. The van der Waals surface area contributed by atoms with Gasteiger partial charge in [0.05, 0.1) is 11.8 Å². The monoisotopic (exact) mass is 559 g/mol. The zero-order valence-corrected chi connectivity index (χ0v) is 21.2. The Bertz CT molecular complexity index is 1450. The molecule has 9 nitrogen and oxygen atoms in total. The molecule has 0 aromatic heterocycles. The summed E-state index contributed by atoms with van der Waals surface area (Å²) in [7, 11) is 0. The van der Waals surface area contributed by atoms with Crippen LogP contribution >= 0.6 is 0 Å². The lowest BCUT2D eigenvalue weighted by molar-refractivity contribution is -0.274. The molecular weight excluding hydrogens is 535 g/mol. The van der Waals surface area contributed by atoms with E-state index in [4.69, 9.17) is 5.11 Å². The van der Waals surface area contributed by atoms with Gasteiger partial charge in [-0.3, -0.25) is 28.9 Å². The first kappa shape index (κ1) is 27.4. The average Bonchev–Trinajstić information content (AvgIpc) is 3.11. The maximum atomic E-state index is 13.5. The number of hydrogen-bond acceptors (Lipinski definition) is 7. The summed E-state index contributed by atoms with van der Waals surface area (Å²) in [6.45, 7) is 1.35. The van der Waals surface area contributed by atoms with Crippen LogP contribution in [0.1, 0.15) is 44.1 Å². The van der Waals surface area contributed by atoms with Gasteiger partial charge in [-0.15, -0.1) is 13.2 Å². The molecule has 0 spiro atoms. The standard InChI is InChI=1S/C28H24F3NO8/c1-12-9-20(34)18-11-16-14(5-6-15-23(16)27(39)32(26(15)38)8-2-3-21(35)36)22(24(18)25(12)37)17-10-13(4-7-19(17)33)40-28(29,30)31/h4-5,7,9-10,15-16,22-23,33H,2-3,6,8,11H2,1H3,(H,35,36). The van der Waals surface area contributed by atoms with Crippen LogP contribution < -0.4 is 4.74 Å². The van der Waals surface area contributed by atoms with E-state index >= 15 is 0 Å². The van der Waals surface area contributed by atoms with Crippen LogP contribution in [0.3, 0.4) is 0 Å². The molecule has 4 aliphatic rings. The molecule has 1 fully saturated rings. The second kappa shape index (κ2) is 9.76. The smallest absolute Gasteiger partial charge is 0.508 e. The average molecular weight is 559 g/mol. The third kappa shape index (κ3) is 4.61. The molecule has 40 heavy (non-hydrogen) atoms. The highest BCUT2D eigenvalue weighted by Crippen LogP contribution is 2.56. The molecule has 1 saturated heterocycles. The maximum absolute atomic E-state index is 13.5. The molecule has 0 radical (unpaired) electrons. The highest BCUT2D eigenvalue weighted by molar-refractivity contribution is 6.24. The van der Waals surface area contributed by atoms with Crippen molar-refractivity contribution in [2.24, 2.45) is 17.8 Å². The predicted molar refractivity (Wildman–Crippen MR) is 130 cm³/mol. The van der Waals surface area contributed by atoms with Crippen molar-refractivity contribution in [3.8, 4) is 11.5 Å². The number of hydrogen-bond donors (Lipinski definition) is 2. The van der Waals surface area contributed by atoms with Gasteiger partial charge in [-0.05, 0) is 56.4 Å². The number of fused-ring (bicyclic) bond motifs is 3. The summed E-state index contributed by atoms with van der Waals surface area (Å²) >= 11 is 0. The molecule has 12 heteroatoms. The quantitative estimate of drug-likeness (QED) is 0.307. The van der Waals surface area contributed by atoms with Gasteiger partial charge in [0.2, 0.25) is 11.8 Å². The van der Waals surface area contributed by atoms with E-state index in [2.05, 4.69) is 4.74 Å². The van der Waals surface area contributed by atoms with Crippen molar-refractivity contribution in [3.05, 3.63) is 58.2 Å². The molecule has 2 amide bonds. The van der Waals surface area contributed by atoms with E-state index in [0.29, 0.717) is 5.57 Å². The lowest BCUT2D eigenvalue weighted by atomic mass is 9.59. The Hall–Kier alpha value is -4.22. The van der Waals surface area contributed by atoms with Gasteiger partial charge in [0.1, 0.15) is 11.5 Å². The van der Waals surface area contributed by atoms with Crippen molar-refractivity contribution in [2.75, 3.05) is 6.54 Å². The third-order valence-electron chi connectivity index (χ3n) is 7.97. The van der Waals surface area contributed by atoms with Crippen molar-refractivity contribution in [1.29, 1.82) is 0 Å². The van der Waals surface area contributed by atoms with E-state index in [1.807, 2.05) is 0 Å². The van der Waals surface area contributed by atoms with Crippen molar-refractivity contribution in [3.63, 3.8) is 0 Å². The van der Waals surface area contributed by atoms with Crippen molar-refractivity contribution in [1.82, 2.24) is 4.90 Å². The summed E-state index contributed by atoms with van der Waals surface area (Å²) < 4.78 is 43.0. The number of alkyl halides is 3. The summed E-state index contributed by atoms with van der Waals surface area (Å²) in [4.78, 5) is 65.1. The van der Waals surface area contributed by atoms with E-state index in [9.17, 15) is 42.3 Å². The van der Waals surface area contributed by atoms with Gasteiger partial charge < -0.3 is 14.9 Å².